The van der Waals surface area contributed by atoms with Gasteiger partial charge in [-0.15, -0.1) is 0 Å². The Kier molecular flexibility index (Phi) is 9.25. The van der Waals surface area contributed by atoms with Crippen molar-refractivity contribution in [3.63, 3.8) is 0 Å². The molecule has 0 spiro atoms. The normalized spacial score (nSPS) is 10.8. The molecule has 4 heteroatoms. The van der Waals surface area contributed by atoms with Crippen LogP contribution in [0.5, 0.6) is 0 Å². The van der Waals surface area contributed by atoms with E-state index in [1.54, 1.807) is 8.07 Å². The van der Waals surface area contributed by atoms with E-state index in [1.807, 2.05) is 0 Å². The van der Waals surface area contributed by atoms with Crippen molar-refractivity contribution in [1.82, 2.24) is 0 Å². The van der Waals surface area contributed by atoms with Gasteiger partial charge in [0.05, 0.1) is 6.16 Å². The van der Waals surface area contributed by atoms with Crippen molar-refractivity contribution in [2.24, 2.45) is 0 Å². The minimum absolute atomic E-state index is 1.14. The quantitative estimate of drug-likeness (QED) is 0.202. The number of hydrogen-bond acceptors (Lipinski definition) is 0. The third-order valence-corrected chi connectivity index (χ3v) is 8.55. The van der Waals surface area contributed by atoms with Gasteiger partial charge in [0.15, 0.2) is 0 Å². The van der Waals surface area contributed by atoms with Crippen molar-refractivity contribution in [3.8, 4) is 0 Å². The van der Waals surface area contributed by atoms with E-state index in [1.165, 1.54) is 15.9 Å². The summed E-state index contributed by atoms with van der Waals surface area (Å²) in [5.74, 6) is 0. The van der Waals surface area contributed by atoms with Crippen LogP contribution in [0.1, 0.15) is 6.92 Å². The van der Waals surface area contributed by atoms with Gasteiger partial charge in [0, 0.05) is 0 Å². The average Bonchev–Trinajstić information content (AvgIpc) is 2.66. The molecule has 0 heterocycles. The molecule has 0 aliphatic rings. The zero-order valence-corrected chi connectivity index (χ0v) is 19.6. The van der Waals surface area contributed by atoms with Gasteiger partial charge in [0.1, 0.15) is 23.2 Å². The van der Waals surface area contributed by atoms with Crippen LogP contribution < -0.4 is 15.9 Å². The molecule has 0 aromatic heterocycles. The van der Waals surface area contributed by atoms with E-state index in [2.05, 4.69) is 139 Å². The first-order valence-corrected chi connectivity index (χ1v) is 16.0. The summed E-state index contributed by atoms with van der Waals surface area (Å²) in [7, 11) is 0.0308. The average molecular weight is 604 g/mol. The second kappa shape index (κ2) is 10.9. The Hall–Kier alpha value is 0.0435. The van der Waals surface area contributed by atoms with Gasteiger partial charge < -0.3 is 0 Å². The summed E-state index contributed by atoms with van der Waals surface area (Å²) >= 11 is 4.43. The molecule has 0 nitrogen and oxygen atoms in total. The molecule has 0 unspecified atom stereocenters. The number of rotatable bonds is 4. The van der Waals surface area contributed by atoms with E-state index in [0.717, 1.165) is 6.16 Å². The van der Waals surface area contributed by atoms with E-state index in [4.69, 9.17) is 0 Å². The second-order valence-electron chi connectivity index (χ2n) is 5.18. The summed E-state index contributed by atoms with van der Waals surface area (Å²) in [5, 5.41) is 4.39. The molecule has 0 bridgehead atoms. The second-order valence-corrected chi connectivity index (χ2v) is 17.3. The van der Waals surface area contributed by atoms with E-state index in [-0.39, 0.29) is 0 Å². The molecule has 0 aliphatic carbocycles. The van der Waals surface area contributed by atoms with Gasteiger partial charge in [0.2, 0.25) is 0 Å². The van der Waals surface area contributed by atoms with Crippen LogP contribution in [0.3, 0.4) is 0 Å². The van der Waals surface area contributed by atoms with E-state index < -0.39 is 7.26 Å². The first-order valence-electron chi connectivity index (χ1n) is 7.67. The summed E-state index contributed by atoms with van der Waals surface area (Å²) in [6, 6.07) is 33.0. The van der Waals surface area contributed by atoms with Gasteiger partial charge in [-0.2, -0.15) is 0 Å². The number of hydrogen-bond donors (Lipinski definition) is 0. The van der Waals surface area contributed by atoms with Gasteiger partial charge in [-0.25, -0.2) is 0 Å². The van der Waals surface area contributed by atoms with E-state index in [9.17, 15) is 0 Å². The van der Waals surface area contributed by atoms with Crippen LogP contribution >= 0.6 is 48.2 Å². The molecule has 0 fully saturated rings. The molecule has 0 atom stereocenters. The maximum absolute atomic E-state index is 2.32. The Balaban J connectivity index is 0.000000647. The maximum atomic E-state index is 2.32. The molecule has 0 amide bonds. The SMILES string of the molecule is CC[P+](c1ccccc1)(c1ccccc1)c1ccccc1.[I][Ni][I]. The van der Waals surface area contributed by atoms with Crippen molar-refractivity contribution in [3.05, 3.63) is 91.0 Å². The molecule has 0 N–H and O–H groups in total. The van der Waals surface area contributed by atoms with Gasteiger partial charge >= 0.3 is 49.0 Å². The van der Waals surface area contributed by atoms with Crippen LogP contribution in [-0.4, -0.2) is 6.16 Å². The summed E-state index contributed by atoms with van der Waals surface area (Å²) < 4.78 is 0. The molecule has 128 valence electrons. The Bertz CT molecular complexity index is 609. The molecule has 0 saturated heterocycles. The number of benzene rings is 3. The van der Waals surface area contributed by atoms with Crippen LogP contribution in [0.4, 0.5) is 0 Å². The molecule has 3 aromatic carbocycles. The Morgan fingerprint density at radius 3 is 1.08 bits per heavy atom. The first-order chi connectivity index (χ1) is 11.8. The monoisotopic (exact) mass is 603 g/mol. The fraction of sp³-hybridized carbons (Fsp3) is 0.100. The van der Waals surface area contributed by atoms with Crippen molar-refractivity contribution in [1.29, 1.82) is 0 Å². The molecular weight excluding hydrogens is 584 g/mol. The summed E-state index contributed by atoms with van der Waals surface area (Å²) in [4.78, 5) is 0. The third kappa shape index (κ3) is 4.81. The van der Waals surface area contributed by atoms with Crippen molar-refractivity contribution >= 4 is 64.1 Å². The molecule has 0 radical (unpaired) electrons. The van der Waals surface area contributed by atoms with E-state index >= 15 is 0 Å². The minimum atomic E-state index is -1.53. The molecule has 3 aromatic rings. The van der Waals surface area contributed by atoms with Gasteiger partial charge in [-0.3, -0.25) is 0 Å². The van der Waals surface area contributed by atoms with Crippen molar-refractivity contribution < 1.29 is 8.07 Å². The predicted octanol–water partition coefficient (Wildman–Crippen LogP) is 5.77. The van der Waals surface area contributed by atoms with Crippen LogP contribution in [-0.2, 0) is 8.07 Å². The van der Waals surface area contributed by atoms with Crippen molar-refractivity contribution in [2.45, 2.75) is 6.92 Å². The summed E-state index contributed by atoms with van der Waals surface area (Å²) in [5.41, 5.74) is 0. The molecule has 24 heavy (non-hydrogen) atoms. The number of halogens is 2. The van der Waals surface area contributed by atoms with Gasteiger partial charge in [0.25, 0.3) is 0 Å². The zero-order valence-electron chi connectivity index (χ0n) is 13.4. The summed E-state index contributed by atoms with van der Waals surface area (Å²) in [6.07, 6.45) is 1.14. The van der Waals surface area contributed by atoms with E-state index in [0.29, 0.717) is 0 Å². The van der Waals surface area contributed by atoms with Crippen LogP contribution in [0.25, 0.3) is 0 Å². The van der Waals surface area contributed by atoms with Crippen molar-refractivity contribution in [2.75, 3.05) is 6.16 Å². The Morgan fingerprint density at radius 1 is 0.625 bits per heavy atom. The molecule has 0 saturated carbocycles. The van der Waals surface area contributed by atoms with Crippen LogP contribution in [0.2, 0.25) is 0 Å². The standard InChI is InChI=1S/C20H20P.2HI.Ni/c1-2-21(18-12-6-3-7-13-18,19-14-8-4-9-15-19)20-16-10-5-11-17-20;;;/h3-17H,2H2,1H3;2*1H;/q+1;;;+2/p-2. The molecule has 3 rings (SSSR count). The fourth-order valence-electron chi connectivity index (χ4n) is 3.04. The Labute approximate surface area is 174 Å². The topological polar surface area (TPSA) is 0 Å². The molecule has 0 aliphatic heterocycles. The first kappa shape index (κ1) is 20.4. The molecular formula is C20H20I2NiP+. The summed E-state index contributed by atoms with van der Waals surface area (Å²) in [6.45, 7) is 2.32. The third-order valence-electron chi connectivity index (χ3n) is 4.07. The zero-order chi connectivity index (χ0) is 17.3. The Morgan fingerprint density at radius 2 is 0.875 bits per heavy atom. The fourth-order valence-corrected chi connectivity index (χ4v) is 7.08. The predicted molar refractivity (Wildman–Crippen MR) is 124 cm³/mol. The van der Waals surface area contributed by atoms with Gasteiger partial charge in [-0.05, 0) is 43.3 Å². The van der Waals surface area contributed by atoms with Crippen LogP contribution in [0, 0.1) is 0 Å². The van der Waals surface area contributed by atoms with Crippen LogP contribution in [0.15, 0.2) is 91.0 Å². The van der Waals surface area contributed by atoms with Gasteiger partial charge in [-0.1, -0.05) is 54.6 Å².